The van der Waals surface area contributed by atoms with Gasteiger partial charge >= 0.3 is 0 Å². The number of halogens is 1. The zero-order chi connectivity index (χ0) is 19.4. The summed E-state index contributed by atoms with van der Waals surface area (Å²) in [4.78, 5) is 12.8. The number of nitrogens with zero attached hydrogens (tertiary/aromatic N) is 1. The fourth-order valence-electron chi connectivity index (χ4n) is 4.44. The highest BCUT2D eigenvalue weighted by atomic mass is 35.5. The van der Waals surface area contributed by atoms with Gasteiger partial charge in [-0.3, -0.25) is 4.79 Å². The van der Waals surface area contributed by atoms with Crippen LogP contribution < -0.4 is 11.1 Å². The molecule has 3 rings (SSSR count). The molecule has 2 atom stereocenters. The van der Waals surface area contributed by atoms with Crippen LogP contribution in [0.3, 0.4) is 0 Å². The number of carbonyl (C=O) groups is 1. The molecule has 1 amide bonds. The van der Waals surface area contributed by atoms with E-state index in [2.05, 4.69) is 5.32 Å². The van der Waals surface area contributed by atoms with Crippen LogP contribution in [-0.4, -0.2) is 38.3 Å². The molecule has 8 heteroatoms. The molecular formula is C20H32ClN3O3S. The Balaban J connectivity index is 0.00000280. The Kier molecular flexibility index (Phi) is 8.30. The summed E-state index contributed by atoms with van der Waals surface area (Å²) >= 11 is 0. The molecule has 0 saturated heterocycles. The van der Waals surface area contributed by atoms with E-state index in [-0.39, 0.29) is 41.1 Å². The van der Waals surface area contributed by atoms with E-state index in [1.807, 2.05) is 0 Å². The van der Waals surface area contributed by atoms with Crippen molar-refractivity contribution < 1.29 is 13.2 Å². The van der Waals surface area contributed by atoms with E-state index in [0.29, 0.717) is 12.2 Å². The molecule has 6 nitrogen and oxygen atoms in total. The summed E-state index contributed by atoms with van der Waals surface area (Å²) in [6.07, 6.45) is 7.99. The molecule has 1 aromatic carbocycles. The maximum atomic E-state index is 13.0. The molecule has 0 spiro atoms. The van der Waals surface area contributed by atoms with E-state index in [1.54, 1.807) is 31.3 Å². The van der Waals surface area contributed by atoms with E-state index in [0.717, 1.165) is 44.9 Å². The van der Waals surface area contributed by atoms with Crippen molar-refractivity contribution in [2.45, 2.75) is 62.3 Å². The van der Waals surface area contributed by atoms with E-state index in [4.69, 9.17) is 5.73 Å². The topological polar surface area (TPSA) is 92.5 Å². The highest BCUT2D eigenvalue weighted by Gasteiger charge is 2.32. The quantitative estimate of drug-likeness (QED) is 0.724. The standard InChI is InChI=1S/C20H31N3O3S.ClH/c1-23(17-9-3-2-4-10-17)27(25,26)18-11-6-8-16(13-18)22-20(24)19-12-5-7-15(19)14-21;/h6,8,11,13,15,17,19H,2-5,7,9-10,12,14,21H2,1H3,(H,22,24);1H/t15-,19-;/m1./s1. The van der Waals surface area contributed by atoms with Crippen molar-refractivity contribution in [3.05, 3.63) is 24.3 Å². The summed E-state index contributed by atoms with van der Waals surface area (Å²) in [5.74, 6) is 0.0765. The Morgan fingerprint density at radius 2 is 1.86 bits per heavy atom. The lowest BCUT2D eigenvalue weighted by atomic mass is 9.95. The second-order valence-corrected chi connectivity index (χ2v) is 9.86. The first-order valence-electron chi connectivity index (χ1n) is 10.0. The van der Waals surface area contributed by atoms with Crippen molar-refractivity contribution in [3.8, 4) is 0 Å². The van der Waals surface area contributed by atoms with Gasteiger partial charge in [-0.05, 0) is 56.3 Å². The van der Waals surface area contributed by atoms with Crippen molar-refractivity contribution in [2.75, 3.05) is 18.9 Å². The van der Waals surface area contributed by atoms with Crippen LogP contribution in [0.25, 0.3) is 0 Å². The number of hydrogen-bond acceptors (Lipinski definition) is 4. The van der Waals surface area contributed by atoms with Crippen molar-refractivity contribution >= 4 is 34.0 Å². The van der Waals surface area contributed by atoms with Crippen molar-refractivity contribution in [2.24, 2.45) is 17.6 Å². The van der Waals surface area contributed by atoms with Crippen molar-refractivity contribution in [1.29, 1.82) is 0 Å². The number of hydrogen-bond donors (Lipinski definition) is 2. The molecule has 28 heavy (non-hydrogen) atoms. The molecule has 3 N–H and O–H groups in total. The fourth-order valence-corrected chi connectivity index (χ4v) is 5.90. The van der Waals surface area contributed by atoms with Gasteiger partial charge in [0.1, 0.15) is 0 Å². The third kappa shape index (κ3) is 5.06. The predicted molar refractivity (Wildman–Crippen MR) is 114 cm³/mol. The maximum Gasteiger partial charge on any atom is 0.243 e. The van der Waals surface area contributed by atoms with Crippen LogP contribution in [0.15, 0.2) is 29.2 Å². The minimum atomic E-state index is -3.57. The van der Waals surface area contributed by atoms with Crippen molar-refractivity contribution in [1.82, 2.24) is 4.31 Å². The molecule has 2 fully saturated rings. The second-order valence-electron chi connectivity index (χ2n) is 7.86. The average molecular weight is 430 g/mol. The minimum Gasteiger partial charge on any atom is -0.330 e. The molecule has 0 aliphatic heterocycles. The van der Waals surface area contributed by atoms with Crippen LogP contribution in [0.4, 0.5) is 5.69 Å². The van der Waals surface area contributed by atoms with Gasteiger partial charge in [-0.15, -0.1) is 12.4 Å². The average Bonchev–Trinajstić information content (AvgIpc) is 3.17. The number of benzene rings is 1. The first-order chi connectivity index (χ1) is 12.9. The van der Waals surface area contributed by atoms with Gasteiger partial charge in [0, 0.05) is 24.7 Å². The van der Waals surface area contributed by atoms with Crippen LogP contribution in [0.5, 0.6) is 0 Å². The number of nitrogens with two attached hydrogens (primary N) is 1. The summed E-state index contributed by atoms with van der Waals surface area (Å²) in [6.45, 7) is 0.513. The van der Waals surface area contributed by atoms with Crippen LogP contribution in [0.1, 0.15) is 51.4 Å². The molecule has 2 aliphatic carbocycles. The zero-order valence-electron chi connectivity index (χ0n) is 16.5. The summed E-state index contributed by atoms with van der Waals surface area (Å²) in [5, 5.41) is 2.90. The van der Waals surface area contributed by atoms with Gasteiger partial charge in [0.05, 0.1) is 4.90 Å². The lowest BCUT2D eigenvalue weighted by molar-refractivity contribution is -0.120. The first kappa shape index (κ1) is 23.1. The predicted octanol–water partition coefficient (Wildman–Crippen LogP) is 3.38. The Hall–Kier alpha value is -1.15. The van der Waals surface area contributed by atoms with E-state index in [1.165, 1.54) is 10.7 Å². The Labute approximate surface area is 174 Å². The molecule has 0 heterocycles. The van der Waals surface area contributed by atoms with Crippen molar-refractivity contribution in [3.63, 3.8) is 0 Å². The maximum absolute atomic E-state index is 13.0. The van der Waals surface area contributed by atoms with Crippen LogP contribution >= 0.6 is 12.4 Å². The number of anilines is 1. The third-order valence-electron chi connectivity index (χ3n) is 6.17. The highest BCUT2D eigenvalue weighted by Crippen LogP contribution is 2.32. The SMILES string of the molecule is CN(C1CCCCC1)S(=O)(=O)c1cccc(NC(=O)[C@@H]2CCC[C@@H]2CN)c1.Cl. The van der Waals surface area contributed by atoms with Crippen LogP contribution in [0.2, 0.25) is 0 Å². The summed E-state index contributed by atoms with van der Waals surface area (Å²) in [6, 6.07) is 6.66. The summed E-state index contributed by atoms with van der Waals surface area (Å²) in [5.41, 5.74) is 6.30. The molecule has 158 valence electrons. The molecule has 2 saturated carbocycles. The van der Waals surface area contributed by atoms with Crippen LogP contribution in [-0.2, 0) is 14.8 Å². The normalized spacial score (nSPS) is 23.4. The molecule has 0 aromatic heterocycles. The van der Waals surface area contributed by atoms with E-state index < -0.39 is 10.0 Å². The molecule has 0 unspecified atom stereocenters. The lowest BCUT2D eigenvalue weighted by Gasteiger charge is -2.30. The number of sulfonamides is 1. The molecule has 0 radical (unpaired) electrons. The number of rotatable bonds is 6. The van der Waals surface area contributed by atoms with E-state index >= 15 is 0 Å². The van der Waals surface area contributed by atoms with Gasteiger partial charge in [-0.1, -0.05) is 31.7 Å². The van der Waals surface area contributed by atoms with Gasteiger partial charge in [-0.2, -0.15) is 4.31 Å². The molecule has 2 aliphatic rings. The van der Waals surface area contributed by atoms with Crippen LogP contribution in [0, 0.1) is 11.8 Å². The second kappa shape index (κ2) is 10.1. The number of nitrogens with one attached hydrogen (secondary N) is 1. The number of carbonyl (C=O) groups excluding carboxylic acids is 1. The smallest absolute Gasteiger partial charge is 0.243 e. The molecule has 0 bridgehead atoms. The fraction of sp³-hybridized carbons (Fsp3) is 0.650. The summed E-state index contributed by atoms with van der Waals surface area (Å²) < 4.78 is 27.5. The van der Waals surface area contributed by atoms with E-state index in [9.17, 15) is 13.2 Å². The highest BCUT2D eigenvalue weighted by molar-refractivity contribution is 7.89. The first-order valence-corrected chi connectivity index (χ1v) is 11.5. The summed E-state index contributed by atoms with van der Waals surface area (Å²) in [7, 11) is -1.90. The Morgan fingerprint density at radius 3 is 2.54 bits per heavy atom. The minimum absolute atomic E-state index is 0. The van der Waals surface area contributed by atoms with Gasteiger partial charge in [-0.25, -0.2) is 8.42 Å². The monoisotopic (exact) mass is 429 g/mol. The Bertz CT molecular complexity index is 766. The molecule has 1 aromatic rings. The van der Waals surface area contributed by atoms with Gasteiger partial charge in [0.25, 0.3) is 0 Å². The van der Waals surface area contributed by atoms with Gasteiger partial charge < -0.3 is 11.1 Å². The molecular weight excluding hydrogens is 398 g/mol. The number of amides is 1. The Morgan fingerprint density at radius 1 is 1.14 bits per heavy atom. The van der Waals surface area contributed by atoms with Gasteiger partial charge in [0.2, 0.25) is 15.9 Å². The third-order valence-corrected chi connectivity index (χ3v) is 8.07. The largest absolute Gasteiger partial charge is 0.330 e. The zero-order valence-corrected chi connectivity index (χ0v) is 18.1. The van der Waals surface area contributed by atoms with Gasteiger partial charge in [0.15, 0.2) is 0 Å². The lowest BCUT2D eigenvalue weighted by Crippen LogP contribution is -2.38.